The van der Waals surface area contributed by atoms with Crippen molar-refractivity contribution in [1.29, 1.82) is 0 Å². The fourth-order valence-electron chi connectivity index (χ4n) is 1.25. The van der Waals surface area contributed by atoms with Crippen molar-refractivity contribution in [3.8, 4) is 0 Å². The monoisotopic (exact) mass is 334 g/mol. The Morgan fingerprint density at radius 1 is 1.24 bits per heavy atom. The molecule has 0 saturated heterocycles. The van der Waals surface area contributed by atoms with Crippen LogP contribution in [0.25, 0.3) is 0 Å². The minimum Gasteiger partial charge on any atom is -0.261 e. The van der Waals surface area contributed by atoms with Crippen LogP contribution in [-0.2, 0) is 26.5 Å². The van der Waals surface area contributed by atoms with Gasteiger partial charge in [-0.15, -0.1) is 0 Å². The van der Waals surface area contributed by atoms with E-state index in [1.165, 1.54) is 0 Å². The van der Waals surface area contributed by atoms with Crippen LogP contribution in [0.5, 0.6) is 0 Å². The van der Waals surface area contributed by atoms with Crippen molar-refractivity contribution in [3.63, 3.8) is 0 Å². The topological polar surface area (TPSA) is 59.4 Å². The van der Waals surface area contributed by atoms with E-state index < -0.39 is 39.4 Å². The van der Waals surface area contributed by atoms with Gasteiger partial charge in [0.1, 0.15) is 5.69 Å². The summed E-state index contributed by atoms with van der Waals surface area (Å²) in [7, 11) is -3.58. The Balaban J connectivity index is 2.98. The fourth-order valence-corrected chi connectivity index (χ4v) is 2.55. The zero-order chi connectivity index (χ0) is 16.5. The van der Waals surface area contributed by atoms with Gasteiger partial charge < -0.3 is 0 Å². The zero-order valence-corrected chi connectivity index (χ0v) is 11.1. The van der Waals surface area contributed by atoms with Crippen molar-refractivity contribution in [2.45, 2.75) is 18.1 Å². The molecular weight excluding hydrogens is 326 g/mol. The maximum absolute atomic E-state index is 12.3. The van der Waals surface area contributed by atoms with Crippen LogP contribution in [0.4, 0.5) is 26.3 Å². The molecule has 21 heavy (non-hydrogen) atoms. The van der Waals surface area contributed by atoms with E-state index >= 15 is 0 Å². The molecule has 1 heterocycles. The van der Waals surface area contributed by atoms with Crippen LogP contribution in [0, 0.1) is 0 Å². The molecule has 0 aromatic carbocycles. The summed E-state index contributed by atoms with van der Waals surface area (Å²) in [6, 6.07) is 1.50. The number of hydrogen-bond donors (Lipinski definition) is 0. The highest BCUT2D eigenvalue weighted by atomic mass is 32.2. The van der Waals surface area contributed by atoms with Crippen LogP contribution in [0.1, 0.15) is 11.3 Å². The lowest BCUT2D eigenvalue weighted by Gasteiger charge is -2.08. The van der Waals surface area contributed by atoms with Gasteiger partial charge in [0, 0.05) is 12.5 Å². The van der Waals surface area contributed by atoms with Gasteiger partial charge in [-0.05, 0) is 11.6 Å². The first-order valence-electron chi connectivity index (χ1n) is 5.14. The number of carbonyl (C=O) groups is 1. The summed E-state index contributed by atoms with van der Waals surface area (Å²) in [4.78, 5) is 13.7. The summed E-state index contributed by atoms with van der Waals surface area (Å²) in [5.74, 6) is -3.13. The molecule has 1 atom stereocenters. The molecule has 1 unspecified atom stereocenters. The second-order valence-corrected chi connectivity index (χ2v) is 6.44. The molecule has 0 radical (unpaired) electrons. The summed E-state index contributed by atoms with van der Waals surface area (Å²) in [6.45, 7) is 0. The van der Waals surface area contributed by atoms with Crippen molar-refractivity contribution in [2.75, 3.05) is 6.26 Å². The molecule has 118 valence electrons. The maximum Gasteiger partial charge on any atom is 0.474 e. The number of rotatable bonds is 2. The molecule has 0 spiro atoms. The van der Waals surface area contributed by atoms with E-state index in [2.05, 4.69) is 9.35 Å². The molecule has 0 saturated carbocycles. The van der Waals surface area contributed by atoms with Crippen LogP contribution in [0.2, 0.25) is 0 Å². The van der Waals surface area contributed by atoms with Gasteiger partial charge in [0.2, 0.25) is 0 Å². The molecule has 11 heteroatoms. The quantitative estimate of drug-likeness (QED) is 0.782. The molecule has 1 aromatic rings. The molecule has 1 rings (SSSR count). The highest BCUT2D eigenvalue weighted by Crippen LogP contribution is 2.27. The molecule has 0 bridgehead atoms. The lowest BCUT2D eigenvalue weighted by atomic mass is 10.3. The second-order valence-electron chi connectivity index (χ2n) is 4.05. The Hall–Kier alpha value is -1.65. The average molecular weight is 334 g/mol. The van der Waals surface area contributed by atoms with Crippen LogP contribution < -0.4 is 0 Å². The largest absolute Gasteiger partial charge is 0.474 e. The predicted octanol–water partition coefficient (Wildman–Crippen LogP) is 2.79. The third kappa shape index (κ3) is 5.33. The summed E-state index contributed by atoms with van der Waals surface area (Å²) in [5.41, 5.74) is -1.23. The molecule has 0 aliphatic heterocycles. The van der Waals surface area contributed by atoms with E-state index in [1.54, 1.807) is 0 Å². The lowest BCUT2D eigenvalue weighted by molar-refractivity contribution is -0.169. The average Bonchev–Trinajstić information content (AvgIpc) is 2.25. The van der Waals surface area contributed by atoms with Gasteiger partial charge in [-0.2, -0.15) is 30.7 Å². The number of nitrogens with zero attached hydrogens (tertiary/aromatic N) is 2. The molecule has 1 amide bonds. The first-order chi connectivity index (χ1) is 9.31. The first-order valence-corrected chi connectivity index (χ1v) is 7.23. The SMILES string of the molecule is CS(=O)(Cc1ccc(C(F)(F)F)nc1)=NC(=O)C(F)(F)F. The minimum atomic E-state index is -5.25. The van der Waals surface area contributed by atoms with Crippen LogP contribution >= 0.6 is 0 Å². The number of halogens is 6. The molecule has 0 aliphatic rings. The molecular formula is C10H8F6N2O2S. The minimum absolute atomic E-state index is 0.0331. The second kappa shape index (κ2) is 5.62. The van der Waals surface area contributed by atoms with Crippen molar-refractivity contribution >= 4 is 15.6 Å². The highest BCUT2D eigenvalue weighted by molar-refractivity contribution is 7.92. The Labute approximate surface area is 115 Å². The number of amides is 1. The van der Waals surface area contributed by atoms with Crippen LogP contribution in [-0.4, -0.2) is 27.5 Å². The standard InChI is InChI=1S/C10H8F6N2O2S/c1-21(20,18-8(19)10(14,15)16)5-6-2-3-7(17-4-6)9(11,12)13/h2-4H,5H2,1H3. The highest BCUT2D eigenvalue weighted by Gasteiger charge is 2.39. The van der Waals surface area contributed by atoms with Gasteiger partial charge in [0.05, 0.1) is 15.5 Å². The van der Waals surface area contributed by atoms with Gasteiger partial charge in [-0.25, -0.2) is 4.21 Å². The van der Waals surface area contributed by atoms with Gasteiger partial charge in [-0.1, -0.05) is 6.07 Å². The van der Waals surface area contributed by atoms with Crippen molar-refractivity contribution < 1.29 is 35.3 Å². The van der Waals surface area contributed by atoms with Gasteiger partial charge in [-0.3, -0.25) is 9.78 Å². The van der Waals surface area contributed by atoms with E-state index in [-0.39, 0.29) is 5.56 Å². The van der Waals surface area contributed by atoms with Crippen molar-refractivity contribution in [2.24, 2.45) is 4.36 Å². The number of hydrogen-bond acceptors (Lipinski definition) is 3. The number of alkyl halides is 6. The summed E-state index contributed by atoms with van der Waals surface area (Å²) < 4.78 is 87.1. The first kappa shape index (κ1) is 17.4. The van der Waals surface area contributed by atoms with Crippen LogP contribution in [0.3, 0.4) is 0 Å². The Morgan fingerprint density at radius 3 is 2.19 bits per heavy atom. The fraction of sp³-hybridized carbons (Fsp3) is 0.400. The Bertz CT molecular complexity index is 641. The molecule has 0 aliphatic carbocycles. The summed E-state index contributed by atoms with van der Waals surface area (Å²) >= 11 is 0. The smallest absolute Gasteiger partial charge is 0.261 e. The third-order valence-corrected chi connectivity index (χ3v) is 3.49. The van der Waals surface area contributed by atoms with E-state index in [0.29, 0.717) is 6.07 Å². The molecule has 0 fully saturated rings. The van der Waals surface area contributed by atoms with Gasteiger partial charge >= 0.3 is 18.3 Å². The predicted molar refractivity (Wildman–Crippen MR) is 60.5 cm³/mol. The summed E-state index contributed by atoms with van der Waals surface area (Å²) in [6.07, 6.45) is -8.40. The van der Waals surface area contributed by atoms with E-state index in [4.69, 9.17) is 0 Å². The van der Waals surface area contributed by atoms with Crippen molar-refractivity contribution in [1.82, 2.24) is 4.98 Å². The molecule has 4 nitrogen and oxygen atoms in total. The lowest BCUT2D eigenvalue weighted by Crippen LogP contribution is -2.22. The van der Waals surface area contributed by atoms with E-state index in [1.807, 2.05) is 0 Å². The molecule has 1 aromatic heterocycles. The third-order valence-electron chi connectivity index (χ3n) is 2.07. The number of pyridine rings is 1. The van der Waals surface area contributed by atoms with Gasteiger partial charge in [0.15, 0.2) is 0 Å². The Morgan fingerprint density at radius 2 is 1.81 bits per heavy atom. The van der Waals surface area contributed by atoms with Crippen LogP contribution in [0.15, 0.2) is 22.7 Å². The van der Waals surface area contributed by atoms with E-state index in [0.717, 1.165) is 18.5 Å². The zero-order valence-electron chi connectivity index (χ0n) is 10.3. The van der Waals surface area contributed by atoms with Crippen molar-refractivity contribution in [3.05, 3.63) is 29.6 Å². The maximum atomic E-state index is 12.3. The Kier molecular flexibility index (Phi) is 4.66. The normalized spacial score (nSPS) is 15.4. The summed E-state index contributed by atoms with van der Waals surface area (Å²) in [5, 5.41) is 0. The van der Waals surface area contributed by atoms with E-state index in [9.17, 15) is 35.3 Å². The molecule has 0 N–H and O–H groups in total. The van der Waals surface area contributed by atoms with Gasteiger partial charge in [0.25, 0.3) is 0 Å². The number of carbonyl (C=O) groups excluding carboxylic acids is 1. The number of aromatic nitrogens is 1.